The maximum absolute atomic E-state index is 9.96. The number of aliphatic hydroxyl groups excluding tert-OH is 2. The molecule has 2 fully saturated rings. The summed E-state index contributed by atoms with van der Waals surface area (Å²) in [6, 6.07) is 20.2. The van der Waals surface area contributed by atoms with Crippen LogP contribution in [0, 0.1) is 3.95 Å². The van der Waals surface area contributed by atoms with Gasteiger partial charge in [0.2, 0.25) is 5.13 Å². The Morgan fingerprint density at radius 3 is 1.81 bits per heavy atom. The van der Waals surface area contributed by atoms with E-state index in [0.29, 0.717) is 3.95 Å². The van der Waals surface area contributed by atoms with Gasteiger partial charge >= 0.3 is 0 Å². The van der Waals surface area contributed by atoms with Gasteiger partial charge in [-0.1, -0.05) is 60.7 Å². The highest BCUT2D eigenvalue weighted by atomic mass is 32.9. The number of rotatable bonds is 6. The van der Waals surface area contributed by atoms with Crippen LogP contribution in [0.3, 0.4) is 0 Å². The first-order chi connectivity index (χ1) is 18.9. The molecule has 10 heteroatoms. The molecule has 206 valence electrons. The Labute approximate surface area is 238 Å². The second kappa shape index (κ2) is 16.0. The molecule has 0 aliphatic carbocycles. The van der Waals surface area contributed by atoms with E-state index in [-0.39, 0.29) is 27.1 Å². The standard InChI is InChI=1S/2C11H15NO.C5H7N3S3.3H2/c2*13-11(10-7-4-8-12-10)9-5-2-1-3-6-9;1-8(2)3-6-4-7-5(9)11-10-4;;;/h2*1-3,5-6,10-13H,4,7-8H2;3H,1-2H3;3*1H/t2*10-,11+;;;;/m10..../s1/i;;;2*1+2;1+1D. The minimum absolute atomic E-state index is 0. The lowest BCUT2D eigenvalue weighted by molar-refractivity contribution is 0.137. The topological polar surface area (TPSA) is 93.0 Å². The zero-order chi connectivity index (χ0) is 28.5. The Balaban J connectivity index is 0.000000557. The fourth-order valence-electron chi connectivity index (χ4n) is 4.13. The third kappa shape index (κ3) is 10.3. The van der Waals surface area contributed by atoms with Crippen LogP contribution in [-0.2, 0) is 0 Å². The quantitative estimate of drug-likeness (QED) is 0.128. The van der Waals surface area contributed by atoms with E-state index in [4.69, 9.17) is 15.2 Å². The van der Waals surface area contributed by atoms with Crippen molar-refractivity contribution in [2.75, 3.05) is 27.2 Å². The van der Waals surface area contributed by atoms with Crippen LogP contribution in [-0.4, -0.2) is 65.7 Å². The number of nitrogens with zero attached hydrogens (tertiary/aromatic N) is 3. The first kappa shape index (κ1) is 28.0. The van der Waals surface area contributed by atoms with Crippen LogP contribution in [0.5, 0.6) is 0 Å². The fourth-order valence-corrected chi connectivity index (χ4v) is 5.92. The van der Waals surface area contributed by atoms with Crippen molar-refractivity contribution < 1.29 is 16.0 Å². The lowest BCUT2D eigenvalue weighted by Crippen LogP contribution is -2.28. The monoisotopic (exact) mass is 571 g/mol. The van der Waals surface area contributed by atoms with Crippen molar-refractivity contribution in [3.05, 3.63) is 75.7 Å². The molecule has 2 aliphatic rings. The van der Waals surface area contributed by atoms with Crippen LogP contribution in [0.25, 0.3) is 0 Å². The molecule has 0 saturated carbocycles. The molecule has 1 aromatic heterocycles. The summed E-state index contributed by atoms with van der Waals surface area (Å²) in [6.07, 6.45) is 5.53. The molecule has 3 aromatic rings. The highest BCUT2D eigenvalue weighted by molar-refractivity contribution is 7.79. The number of aliphatic imine (C=N–C) groups is 1. The van der Waals surface area contributed by atoms with E-state index in [0.717, 1.165) is 42.2 Å². The number of hydrogen-bond acceptors (Lipinski definition) is 9. The van der Waals surface area contributed by atoms with Crippen molar-refractivity contribution in [3.63, 3.8) is 0 Å². The molecule has 37 heavy (non-hydrogen) atoms. The van der Waals surface area contributed by atoms with E-state index < -0.39 is 0 Å². The van der Waals surface area contributed by atoms with Gasteiger partial charge in [0.1, 0.15) is 0 Å². The summed E-state index contributed by atoms with van der Waals surface area (Å²) in [7, 11) is 6.79. The molecule has 5 rings (SSSR count). The minimum atomic E-state index is -0.344. The summed E-state index contributed by atoms with van der Waals surface area (Å²) < 4.78 is 10.7. The Morgan fingerprint density at radius 1 is 0.973 bits per heavy atom. The van der Waals surface area contributed by atoms with Gasteiger partial charge in [-0.05, 0) is 82.8 Å². The molecule has 4 atom stereocenters. The Hall–Kier alpha value is -2.05. The molecule has 0 radical (unpaired) electrons. The normalized spacial score (nSPS) is 20.6. The van der Waals surface area contributed by atoms with Crippen LogP contribution < -0.4 is 10.6 Å². The van der Waals surface area contributed by atoms with E-state index in [2.05, 4.69) is 20.6 Å². The van der Waals surface area contributed by atoms with Gasteiger partial charge in [0.15, 0.2) is 3.95 Å². The lowest BCUT2D eigenvalue weighted by atomic mass is 10.0. The number of aliphatic hydroxyl groups is 2. The van der Waals surface area contributed by atoms with E-state index >= 15 is 0 Å². The SMILES string of the molecule is CN(C)C=Nc1nc(=S)ss1.O[C@@H](c1ccccc1)[C@H]1CCCN1.O[C@H](c1ccccc1)[C@@H]1CCCN1.[2H][2H].[3HH].[3HH]. The molecule has 2 aromatic carbocycles. The average Bonchev–Trinajstić information content (AvgIpc) is 3.78. The van der Waals surface area contributed by atoms with Gasteiger partial charge < -0.3 is 25.7 Å². The Kier molecular flexibility index (Phi) is 12.1. The van der Waals surface area contributed by atoms with Gasteiger partial charge in [0.05, 0.1) is 18.5 Å². The van der Waals surface area contributed by atoms with Crippen LogP contribution in [0.15, 0.2) is 65.7 Å². The van der Waals surface area contributed by atoms with Gasteiger partial charge in [-0.3, -0.25) is 0 Å². The van der Waals surface area contributed by atoms with Crippen LogP contribution in [0.4, 0.5) is 5.13 Å². The highest BCUT2D eigenvalue weighted by Crippen LogP contribution is 2.23. The molecular formula is C27H43N5O2S3. The zero-order valence-electron chi connectivity index (χ0n) is 23.4. The van der Waals surface area contributed by atoms with Gasteiger partial charge in [0, 0.05) is 32.0 Å². The number of aromatic nitrogens is 1. The first-order valence-electron chi connectivity index (χ1n) is 13.5. The third-order valence-electron chi connectivity index (χ3n) is 6.01. The highest BCUT2D eigenvalue weighted by Gasteiger charge is 2.24. The minimum Gasteiger partial charge on any atom is -0.387 e. The van der Waals surface area contributed by atoms with Crippen molar-refractivity contribution in [2.24, 2.45) is 4.99 Å². The summed E-state index contributed by atoms with van der Waals surface area (Å²) >= 11 is 4.84. The van der Waals surface area contributed by atoms with Crippen molar-refractivity contribution in [1.29, 1.82) is 0 Å². The number of hydrogen-bond donors (Lipinski definition) is 4. The predicted octanol–water partition coefficient (Wildman–Crippen LogP) is 5.84. The van der Waals surface area contributed by atoms with Crippen molar-refractivity contribution in [1.82, 2.24) is 20.5 Å². The summed E-state index contributed by atoms with van der Waals surface area (Å²) in [4.78, 5) is 9.94. The number of nitrogens with one attached hydrogen (secondary N) is 2. The van der Waals surface area contributed by atoms with Crippen molar-refractivity contribution in [2.45, 2.75) is 50.0 Å². The lowest BCUT2D eigenvalue weighted by Gasteiger charge is -2.18. The third-order valence-corrected chi connectivity index (χ3v) is 8.51. The number of benzene rings is 2. The van der Waals surface area contributed by atoms with E-state index in [1.54, 1.807) is 6.34 Å². The molecule has 0 amide bonds. The van der Waals surface area contributed by atoms with Crippen LogP contribution >= 0.6 is 32.9 Å². The molecule has 2 aliphatic heterocycles. The fraction of sp³-hybridized carbons (Fsp3) is 0.444. The van der Waals surface area contributed by atoms with Gasteiger partial charge in [-0.25, -0.2) is 4.99 Å². The average molecular weight is 572 g/mol. The van der Waals surface area contributed by atoms with Crippen LogP contribution in [0.2, 0.25) is 0 Å². The van der Waals surface area contributed by atoms with Gasteiger partial charge in [-0.15, -0.1) is 0 Å². The van der Waals surface area contributed by atoms with Crippen molar-refractivity contribution in [3.8, 4) is 0 Å². The van der Waals surface area contributed by atoms with Gasteiger partial charge in [0.25, 0.3) is 0 Å². The van der Waals surface area contributed by atoms with Crippen molar-refractivity contribution >= 4 is 44.4 Å². The summed E-state index contributed by atoms with van der Waals surface area (Å²) in [5, 5.41) is 27.3. The Bertz CT molecular complexity index is 1060. The zero-order valence-corrected chi connectivity index (χ0v) is 23.8. The largest absolute Gasteiger partial charge is 0.387 e. The van der Waals surface area contributed by atoms with Crippen LogP contribution in [0.1, 0.15) is 54.8 Å². The molecule has 0 bridgehead atoms. The predicted molar refractivity (Wildman–Crippen MR) is 164 cm³/mol. The van der Waals surface area contributed by atoms with E-state index in [9.17, 15) is 10.2 Å². The molecule has 7 nitrogen and oxygen atoms in total. The van der Waals surface area contributed by atoms with E-state index in [1.165, 1.54) is 33.5 Å². The first-order valence-corrected chi connectivity index (χ1v) is 15.1. The molecule has 2 saturated heterocycles. The molecular weight excluding hydrogens is 523 g/mol. The summed E-state index contributed by atoms with van der Waals surface area (Å²) in [6.45, 7) is 2.07. The summed E-state index contributed by atoms with van der Waals surface area (Å²) in [5.74, 6) is 0. The second-order valence-corrected chi connectivity index (χ2v) is 11.9. The summed E-state index contributed by atoms with van der Waals surface area (Å²) in [5.41, 5.74) is 2.03. The molecule has 3 heterocycles. The molecule has 4 N–H and O–H groups in total. The maximum Gasteiger partial charge on any atom is 0.222 e. The van der Waals surface area contributed by atoms with Gasteiger partial charge in [-0.2, -0.15) is 4.98 Å². The molecule has 0 unspecified atom stereocenters. The smallest absolute Gasteiger partial charge is 0.222 e. The second-order valence-electron chi connectivity index (χ2n) is 9.15. The Morgan fingerprint density at radius 2 is 1.46 bits per heavy atom. The molecule has 0 spiro atoms. The van der Waals surface area contributed by atoms with E-state index in [1.807, 2.05) is 79.7 Å². The maximum atomic E-state index is 9.96.